The van der Waals surface area contributed by atoms with E-state index in [1.807, 2.05) is 0 Å². The molecule has 3 aromatic rings. The number of fused-ring (bicyclic) bond motifs is 1. The SMILES string of the molecule is O=C(O)C(F)(F)F.OC(c1ccc(-c2ccc(-c3ccc4c(c3)OCO4)nc2)cc1)(C(F)(F)F)C(F)(F)F. The van der Waals surface area contributed by atoms with Crippen LogP contribution in [0.5, 0.6) is 11.5 Å². The first kappa shape index (κ1) is 28.6. The molecule has 38 heavy (non-hydrogen) atoms. The van der Waals surface area contributed by atoms with Crippen LogP contribution in [0.3, 0.4) is 0 Å². The van der Waals surface area contributed by atoms with E-state index in [9.17, 15) is 44.6 Å². The smallest absolute Gasteiger partial charge is 0.475 e. The summed E-state index contributed by atoms with van der Waals surface area (Å²) in [5.74, 6) is -1.58. The Kier molecular flexibility index (Phi) is 7.55. The van der Waals surface area contributed by atoms with Crippen LogP contribution in [0.25, 0.3) is 22.4 Å². The van der Waals surface area contributed by atoms with Gasteiger partial charge in [0, 0.05) is 22.9 Å². The highest BCUT2D eigenvalue weighted by atomic mass is 19.4. The van der Waals surface area contributed by atoms with E-state index in [-0.39, 0.29) is 6.79 Å². The largest absolute Gasteiger partial charge is 0.490 e. The molecular weight excluding hydrogens is 541 g/mol. The number of aliphatic carboxylic acids is 1. The van der Waals surface area contributed by atoms with Gasteiger partial charge >= 0.3 is 24.5 Å². The Balaban J connectivity index is 0.000000505. The zero-order valence-corrected chi connectivity index (χ0v) is 18.4. The molecular formula is C23H14F9NO5. The molecule has 1 aromatic heterocycles. The van der Waals surface area contributed by atoms with E-state index >= 15 is 0 Å². The van der Waals surface area contributed by atoms with Crippen molar-refractivity contribution in [1.82, 2.24) is 4.98 Å². The second-order valence-electron chi connectivity index (χ2n) is 7.59. The molecule has 6 nitrogen and oxygen atoms in total. The van der Waals surface area contributed by atoms with E-state index in [0.29, 0.717) is 40.5 Å². The second-order valence-corrected chi connectivity index (χ2v) is 7.59. The van der Waals surface area contributed by atoms with E-state index in [2.05, 4.69) is 4.98 Å². The summed E-state index contributed by atoms with van der Waals surface area (Å²) in [7, 11) is 0. The van der Waals surface area contributed by atoms with Crippen LogP contribution in [0.2, 0.25) is 0 Å². The first-order valence-corrected chi connectivity index (χ1v) is 10.1. The van der Waals surface area contributed by atoms with Gasteiger partial charge in [-0.1, -0.05) is 30.3 Å². The van der Waals surface area contributed by atoms with Crippen LogP contribution < -0.4 is 9.47 Å². The van der Waals surface area contributed by atoms with Gasteiger partial charge in [-0.2, -0.15) is 39.5 Å². The molecule has 0 atom stereocenters. The first-order valence-electron chi connectivity index (χ1n) is 10.1. The lowest BCUT2D eigenvalue weighted by Crippen LogP contribution is -2.53. The van der Waals surface area contributed by atoms with Gasteiger partial charge in [-0.3, -0.25) is 4.98 Å². The average Bonchev–Trinajstić information content (AvgIpc) is 3.30. The van der Waals surface area contributed by atoms with E-state index in [0.717, 1.165) is 17.7 Å². The molecule has 2 heterocycles. The molecule has 0 unspecified atom stereocenters. The number of hydrogen-bond donors (Lipinski definition) is 2. The van der Waals surface area contributed by atoms with E-state index in [1.165, 1.54) is 6.20 Å². The van der Waals surface area contributed by atoms with Crippen LogP contribution in [-0.2, 0) is 10.4 Å². The lowest BCUT2D eigenvalue weighted by atomic mass is 9.91. The highest BCUT2D eigenvalue weighted by Crippen LogP contribution is 2.50. The monoisotopic (exact) mass is 555 g/mol. The number of pyridine rings is 1. The van der Waals surface area contributed by atoms with Gasteiger partial charge in [-0.25, -0.2) is 4.79 Å². The summed E-state index contributed by atoms with van der Waals surface area (Å²) in [6.45, 7) is 0.124. The number of nitrogens with zero attached hydrogens (tertiary/aromatic N) is 1. The zero-order valence-electron chi connectivity index (χ0n) is 18.4. The van der Waals surface area contributed by atoms with E-state index in [1.54, 1.807) is 30.3 Å². The Morgan fingerprint density at radius 2 is 1.24 bits per heavy atom. The number of aromatic nitrogens is 1. The molecule has 0 saturated carbocycles. The molecule has 4 rings (SSSR count). The van der Waals surface area contributed by atoms with Gasteiger partial charge in [0.25, 0.3) is 5.60 Å². The minimum atomic E-state index is -5.93. The quantitative estimate of drug-likeness (QED) is 0.381. The maximum atomic E-state index is 13.0. The number of ether oxygens (including phenoxy) is 2. The number of aliphatic hydroxyl groups is 1. The molecule has 204 valence electrons. The van der Waals surface area contributed by atoms with Crippen molar-refractivity contribution in [1.29, 1.82) is 0 Å². The summed E-state index contributed by atoms with van der Waals surface area (Å²) in [5, 5.41) is 16.6. The number of carboxylic acids is 1. The van der Waals surface area contributed by atoms with Crippen molar-refractivity contribution in [2.75, 3.05) is 6.79 Å². The van der Waals surface area contributed by atoms with Crippen LogP contribution >= 0.6 is 0 Å². The number of carboxylic acid groups (broad SMARTS) is 1. The van der Waals surface area contributed by atoms with Gasteiger partial charge in [0.1, 0.15) is 0 Å². The fourth-order valence-corrected chi connectivity index (χ4v) is 3.18. The molecule has 0 bridgehead atoms. The number of hydrogen-bond acceptors (Lipinski definition) is 5. The van der Waals surface area contributed by atoms with Gasteiger partial charge in [-0.05, 0) is 29.8 Å². The third-order valence-corrected chi connectivity index (χ3v) is 5.13. The van der Waals surface area contributed by atoms with E-state index < -0.39 is 35.7 Å². The third-order valence-electron chi connectivity index (χ3n) is 5.13. The molecule has 0 saturated heterocycles. The predicted molar refractivity (Wildman–Crippen MR) is 111 cm³/mol. The summed E-state index contributed by atoms with van der Waals surface area (Å²) < 4.78 is 120. The molecule has 15 heteroatoms. The zero-order chi connectivity index (χ0) is 28.5. The standard InChI is InChI=1S/C21H13F6NO3.C2HF3O2/c22-20(23,24)19(29,21(25,26)27)15-5-1-12(2-6-15)14-3-7-16(28-10-14)13-4-8-17-18(9-13)31-11-30-17;3-2(4,5)1(6)7/h1-10,29H,11H2;(H,6,7). The van der Waals surface area contributed by atoms with Gasteiger partial charge < -0.3 is 19.7 Å². The van der Waals surface area contributed by atoms with Gasteiger partial charge in [0.05, 0.1) is 5.69 Å². The molecule has 0 aliphatic carbocycles. The number of halogens is 9. The highest BCUT2D eigenvalue weighted by Gasteiger charge is 2.71. The van der Waals surface area contributed by atoms with Crippen LogP contribution in [0.1, 0.15) is 5.56 Å². The second kappa shape index (κ2) is 10.0. The average molecular weight is 555 g/mol. The molecule has 0 spiro atoms. The molecule has 1 aliphatic rings. The molecule has 2 N–H and O–H groups in total. The van der Waals surface area contributed by atoms with Crippen LogP contribution in [-0.4, -0.2) is 46.5 Å². The molecule has 2 aromatic carbocycles. The third kappa shape index (κ3) is 5.77. The first-order chi connectivity index (χ1) is 17.4. The summed E-state index contributed by atoms with van der Waals surface area (Å²) in [6.07, 6.45) is -15.5. The van der Waals surface area contributed by atoms with Gasteiger partial charge in [0.15, 0.2) is 11.5 Å². The Bertz CT molecular complexity index is 1270. The van der Waals surface area contributed by atoms with Crippen molar-refractivity contribution in [3.05, 3.63) is 66.4 Å². The van der Waals surface area contributed by atoms with Crippen LogP contribution in [0, 0.1) is 0 Å². The number of carbonyl (C=O) groups is 1. The van der Waals surface area contributed by atoms with Crippen molar-refractivity contribution < 1.29 is 64.0 Å². The topological polar surface area (TPSA) is 88.9 Å². The Labute approximate surface area is 206 Å². The lowest BCUT2D eigenvalue weighted by Gasteiger charge is -2.32. The van der Waals surface area contributed by atoms with Gasteiger partial charge in [0.2, 0.25) is 6.79 Å². The molecule has 1 aliphatic heterocycles. The Morgan fingerprint density at radius 3 is 1.71 bits per heavy atom. The van der Waals surface area contributed by atoms with Crippen molar-refractivity contribution in [3.8, 4) is 33.9 Å². The van der Waals surface area contributed by atoms with Crippen LogP contribution in [0.4, 0.5) is 39.5 Å². The summed E-state index contributed by atoms with van der Waals surface area (Å²) in [4.78, 5) is 13.2. The predicted octanol–water partition coefficient (Wildman–Crippen LogP) is 6.09. The number of rotatable bonds is 3. The molecule has 0 amide bonds. The molecule has 0 radical (unpaired) electrons. The van der Waals surface area contributed by atoms with Crippen molar-refractivity contribution in [3.63, 3.8) is 0 Å². The lowest BCUT2D eigenvalue weighted by molar-refractivity contribution is -0.376. The maximum Gasteiger partial charge on any atom is 0.490 e. The summed E-state index contributed by atoms with van der Waals surface area (Å²) in [5.41, 5.74) is -4.14. The van der Waals surface area contributed by atoms with E-state index in [4.69, 9.17) is 19.4 Å². The van der Waals surface area contributed by atoms with Gasteiger partial charge in [-0.15, -0.1) is 0 Å². The minimum Gasteiger partial charge on any atom is -0.475 e. The fourth-order valence-electron chi connectivity index (χ4n) is 3.18. The highest BCUT2D eigenvalue weighted by molar-refractivity contribution is 5.73. The van der Waals surface area contributed by atoms with Crippen molar-refractivity contribution >= 4 is 5.97 Å². The summed E-state index contributed by atoms with van der Waals surface area (Å²) >= 11 is 0. The number of benzene rings is 2. The maximum absolute atomic E-state index is 13.0. The number of alkyl halides is 9. The molecule has 0 fully saturated rings. The minimum absolute atomic E-state index is 0.124. The summed E-state index contributed by atoms with van der Waals surface area (Å²) in [6, 6.07) is 11.9. The Hall–Kier alpha value is -4.01. The fraction of sp³-hybridized carbons (Fsp3) is 0.217. The van der Waals surface area contributed by atoms with Crippen molar-refractivity contribution in [2.24, 2.45) is 0 Å². The normalized spacial score (nSPS) is 13.5. The van der Waals surface area contributed by atoms with Crippen LogP contribution in [0.15, 0.2) is 60.8 Å². The van der Waals surface area contributed by atoms with Crippen molar-refractivity contribution in [2.45, 2.75) is 24.1 Å². The Morgan fingerprint density at radius 1 is 0.737 bits per heavy atom.